The largest absolute Gasteiger partial charge is 0.298 e. The maximum Gasteiger partial charge on any atom is 0.178 e. The molecule has 1 rings (SSSR count). The van der Waals surface area contributed by atoms with Crippen LogP contribution in [0, 0.1) is 14.9 Å². The maximum atomic E-state index is 11.4. The Hall–Kier alpha value is -0.930. The van der Waals surface area contributed by atoms with E-state index in [1.807, 2.05) is 28.7 Å². The van der Waals surface area contributed by atoms with Crippen LogP contribution in [0.5, 0.6) is 0 Å². The van der Waals surface area contributed by atoms with Gasteiger partial charge in [0, 0.05) is 14.7 Å². The van der Waals surface area contributed by atoms with E-state index >= 15 is 0 Å². The van der Waals surface area contributed by atoms with Gasteiger partial charge in [-0.2, -0.15) is 5.26 Å². The molecule has 76 valence electrons. The van der Waals surface area contributed by atoms with Crippen LogP contribution in [-0.2, 0) is 0 Å². The first-order valence-electron chi connectivity index (χ1n) is 3.92. The van der Waals surface area contributed by atoms with E-state index in [9.17, 15) is 9.59 Å². The Balaban J connectivity index is 3.40. The van der Waals surface area contributed by atoms with E-state index in [-0.39, 0.29) is 22.8 Å². The van der Waals surface area contributed by atoms with Gasteiger partial charge in [-0.15, -0.1) is 11.6 Å². The zero-order chi connectivity index (χ0) is 11.4. The van der Waals surface area contributed by atoms with Gasteiger partial charge in [0.2, 0.25) is 0 Å². The van der Waals surface area contributed by atoms with Gasteiger partial charge in [-0.25, -0.2) is 0 Å². The van der Waals surface area contributed by atoms with Crippen LogP contribution in [0.2, 0.25) is 0 Å². The molecule has 0 aliphatic rings. The monoisotopic (exact) mass is 333 g/mol. The van der Waals surface area contributed by atoms with Crippen molar-refractivity contribution in [2.24, 2.45) is 0 Å². The average molecular weight is 334 g/mol. The fourth-order valence-corrected chi connectivity index (χ4v) is 1.98. The van der Waals surface area contributed by atoms with Crippen molar-refractivity contribution in [3.05, 3.63) is 32.4 Å². The number of nitriles is 1. The lowest BCUT2D eigenvalue weighted by molar-refractivity contribution is 0.102. The molecule has 0 atom stereocenters. The van der Waals surface area contributed by atoms with E-state index < -0.39 is 0 Å². The molecule has 0 amide bonds. The number of hydrogen-bond acceptors (Lipinski definition) is 3. The fourth-order valence-electron chi connectivity index (χ4n) is 1.07. The molecule has 0 aliphatic carbocycles. The van der Waals surface area contributed by atoms with Gasteiger partial charge in [-0.05, 0) is 34.7 Å². The number of benzene rings is 1. The van der Waals surface area contributed by atoms with Crippen molar-refractivity contribution in [2.45, 2.75) is 0 Å². The lowest BCUT2D eigenvalue weighted by Crippen LogP contribution is -2.05. The van der Waals surface area contributed by atoms with Crippen LogP contribution in [0.15, 0.2) is 12.1 Å². The highest BCUT2D eigenvalue weighted by molar-refractivity contribution is 14.1. The summed E-state index contributed by atoms with van der Waals surface area (Å²) in [6, 6.07) is 4.80. The summed E-state index contributed by atoms with van der Waals surface area (Å²) in [6.45, 7) is 0. The zero-order valence-corrected chi connectivity index (χ0v) is 10.4. The fraction of sp³-hybridized carbons (Fsp3) is 0.100. The van der Waals surface area contributed by atoms with Crippen molar-refractivity contribution in [1.29, 1.82) is 5.26 Å². The highest BCUT2D eigenvalue weighted by atomic mass is 127. The van der Waals surface area contributed by atoms with Gasteiger partial charge < -0.3 is 0 Å². The smallest absolute Gasteiger partial charge is 0.178 e. The summed E-state index contributed by atoms with van der Waals surface area (Å²) in [7, 11) is 0. The molecule has 1 aromatic rings. The summed E-state index contributed by atoms with van der Waals surface area (Å²) < 4.78 is 0.625. The first-order valence-corrected chi connectivity index (χ1v) is 5.53. The molecule has 0 fully saturated rings. The van der Waals surface area contributed by atoms with Crippen LogP contribution >= 0.6 is 34.2 Å². The number of Topliss-reactive ketones (excluding diaryl/α,β-unsaturated/α-hetero) is 1. The van der Waals surface area contributed by atoms with Gasteiger partial charge in [0.05, 0.1) is 17.5 Å². The van der Waals surface area contributed by atoms with Gasteiger partial charge >= 0.3 is 0 Å². The standard InChI is InChI=1S/C10H5ClINO2/c11-3-10(15)8-1-7(5-14)6(4-13)2-9(8)12/h1-2,5H,3H2. The topological polar surface area (TPSA) is 57.9 Å². The Labute approximate surface area is 105 Å². The molecule has 0 bridgehead atoms. The Bertz CT molecular complexity index is 465. The van der Waals surface area contributed by atoms with E-state index in [2.05, 4.69) is 0 Å². The summed E-state index contributed by atoms with van der Waals surface area (Å²) >= 11 is 7.36. The predicted octanol–water partition coefficient (Wildman–Crippen LogP) is 2.40. The highest BCUT2D eigenvalue weighted by Crippen LogP contribution is 2.18. The number of carbonyl (C=O) groups is 2. The van der Waals surface area contributed by atoms with Gasteiger partial charge in [0.15, 0.2) is 12.1 Å². The van der Waals surface area contributed by atoms with E-state index in [0.29, 0.717) is 15.4 Å². The molecule has 15 heavy (non-hydrogen) atoms. The van der Waals surface area contributed by atoms with Crippen LogP contribution in [0.3, 0.4) is 0 Å². The third kappa shape index (κ3) is 2.55. The van der Waals surface area contributed by atoms with Crippen LogP contribution in [-0.4, -0.2) is 17.9 Å². The number of rotatable bonds is 3. The minimum atomic E-state index is -0.256. The quantitative estimate of drug-likeness (QED) is 0.369. The van der Waals surface area contributed by atoms with Crippen molar-refractivity contribution in [3.63, 3.8) is 0 Å². The lowest BCUT2D eigenvalue weighted by atomic mass is 10.0. The van der Waals surface area contributed by atoms with E-state index in [4.69, 9.17) is 16.9 Å². The summed E-state index contributed by atoms with van der Waals surface area (Å²) in [4.78, 5) is 22.0. The normalized spacial score (nSPS) is 9.40. The first kappa shape index (κ1) is 12.1. The minimum Gasteiger partial charge on any atom is -0.298 e. The molecule has 0 heterocycles. The van der Waals surface area contributed by atoms with Crippen LogP contribution < -0.4 is 0 Å². The Morgan fingerprint density at radius 1 is 1.60 bits per heavy atom. The second kappa shape index (κ2) is 5.24. The highest BCUT2D eigenvalue weighted by Gasteiger charge is 2.12. The zero-order valence-electron chi connectivity index (χ0n) is 7.46. The first-order chi connectivity index (χ1) is 7.13. The number of aldehydes is 1. The van der Waals surface area contributed by atoms with Gasteiger partial charge in [-0.3, -0.25) is 9.59 Å². The number of alkyl halides is 1. The molecule has 0 N–H and O–H groups in total. The molecular weight excluding hydrogens is 328 g/mol. The summed E-state index contributed by atoms with van der Waals surface area (Å²) in [5, 5.41) is 8.74. The van der Waals surface area contributed by atoms with E-state index in [0.717, 1.165) is 0 Å². The molecular formula is C10H5ClINO2. The molecule has 0 saturated heterocycles. The van der Waals surface area contributed by atoms with Crippen molar-refractivity contribution in [2.75, 3.05) is 5.88 Å². The number of ketones is 1. The third-order valence-electron chi connectivity index (χ3n) is 1.81. The van der Waals surface area contributed by atoms with Crippen LogP contribution in [0.25, 0.3) is 0 Å². The van der Waals surface area contributed by atoms with Crippen LogP contribution in [0.4, 0.5) is 0 Å². The molecule has 1 aromatic carbocycles. The molecule has 5 heteroatoms. The number of carbonyl (C=O) groups excluding carboxylic acids is 2. The molecule has 3 nitrogen and oxygen atoms in total. The molecule has 0 spiro atoms. The minimum absolute atomic E-state index is 0.139. The second-order valence-corrected chi connectivity index (χ2v) is 4.14. The maximum absolute atomic E-state index is 11.4. The third-order valence-corrected chi connectivity index (χ3v) is 2.94. The molecule has 0 aromatic heterocycles. The molecule has 0 radical (unpaired) electrons. The van der Waals surface area contributed by atoms with Crippen molar-refractivity contribution in [3.8, 4) is 6.07 Å². The molecule has 0 saturated carbocycles. The van der Waals surface area contributed by atoms with Gasteiger partial charge in [-0.1, -0.05) is 0 Å². The van der Waals surface area contributed by atoms with Gasteiger partial charge in [0.25, 0.3) is 0 Å². The predicted molar refractivity (Wildman–Crippen MR) is 64.3 cm³/mol. The molecule has 0 aliphatic heterocycles. The lowest BCUT2D eigenvalue weighted by Gasteiger charge is -2.03. The Morgan fingerprint density at radius 3 is 2.73 bits per heavy atom. The summed E-state index contributed by atoms with van der Waals surface area (Å²) in [6.07, 6.45) is 0.555. The van der Waals surface area contributed by atoms with E-state index in [1.54, 1.807) is 0 Å². The van der Waals surface area contributed by atoms with Crippen molar-refractivity contribution in [1.82, 2.24) is 0 Å². The average Bonchev–Trinajstić information content (AvgIpc) is 2.27. The van der Waals surface area contributed by atoms with Crippen LogP contribution in [0.1, 0.15) is 26.3 Å². The Kier molecular flexibility index (Phi) is 4.24. The number of nitrogens with zero attached hydrogens (tertiary/aromatic N) is 1. The summed E-state index contributed by atoms with van der Waals surface area (Å²) in [5.74, 6) is -0.395. The Morgan fingerprint density at radius 2 is 2.27 bits per heavy atom. The SMILES string of the molecule is N#Cc1cc(I)c(C(=O)CCl)cc1C=O. The molecule has 0 unspecified atom stereocenters. The second-order valence-electron chi connectivity index (χ2n) is 2.71. The number of halogens is 2. The van der Waals surface area contributed by atoms with Crippen molar-refractivity contribution < 1.29 is 9.59 Å². The number of hydrogen-bond donors (Lipinski definition) is 0. The van der Waals surface area contributed by atoms with E-state index in [1.165, 1.54) is 12.1 Å². The van der Waals surface area contributed by atoms with Gasteiger partial charge in [0.1, 0.15) is 0 Å². The van der Waals surface area contributed by atoms with Crippen molar-refractivity contribution >= 4 is 46.3 Å². The summed E-state index contributed by atoms with van der Waals surface area (Å²) in [5.41, 5.74) is 0.860.